The number of hydrogen-bond donors (Lipinski definition) is 0. The molecule has 1 aliphatic carbocycles. The SMILES string of the molecule is Cc1cc([C@@H]2[C@@H](C(=O)C(C)Br)C2(C)C)ccc1F. The second kappa shape index (κ2) is 4.44. The van der Waals surface area contributed by atoms with E-state index in [9.17, 15) is 9.18 Å². The molecule has 1 saturated carbocycles. The number of Topliss-reactive ketones (excluding diaryl/α,β-unsaturated/α-hetero) is 1. The smallest absolute Gasteiger partial charge is 0.150 e. The number of benzene rings is 1. The van der Waals surface area contributed by atoms with Gasteiger partial charge in [-0.3, -0.25) is 4.79 Å². The largest absolute Gasteiger partial charge is 0.298 e. The molecule has 1 aliphatic rings. The second-order valence-electron chi connectivity index (χ2n) is 5.80. The standard InChI is InChI=1S/C15H18BrFO/c1-8-7-10(5-6-11(8)17)12-13(15(12,3)4)14(18)9(2)16/h5-7,9,12-13H,1-4H3/t9?,12-,13+/m1/s1. The van der Waals surface area contributed by atoms with E-state index >= 15 is 0 Å². The third-order valence-electron chi connectivity index (χ3n) is 4.07. The van der Waals surface area contributed by atoms with E-state index in [4.69, 9.17) is 0 Å². The molecule has 1 unspecified atom stereocenters. The fourth-order valence-electron chi connectivity index (χ4n) is 2.90. The van der Waals surface area contributed by atoms with Gasteiger partial charge in [0.25, 0.3) is 0 Å². The Bertz CT molecular complexity index is 493. The Labute approximate surface area is 116 Å². The first kappa shape index (κ1) is 13.7. The van der Waals surface area contributed by atoms with E-state index in [1.54, 1.807) is 13.0 Å². The average Bonchev–Trinajstić information content (AvgIpc) is 2.84. The van der Waals surface area contributed by atoms with Crippen LogP contribution in [-0.4, -0.2) is 10.6 Å². The van der Waals surface area contributed by atoms with Gasteiger partial charge in [-0.05, 0) is 42.4 Å². The predicted octanol–water partition coefficient (Wildman–Crippen LogP) is 4.23. The molecule has 2 rings (SSSR count). The highest BCUT2D eigenvalue weighted by atomic mass is 79.9. The van der Waals surface area contributed by atoms with Gasteiger partial charge in [-0.2, -0.15) is 0 Å². The molecular formula is C15H18BrFO. The summed E-state index contributed by atoms with van der Waals surface area (Å²) in [5.41, 5.74) is 1.70. The molecule has 3 atom stereocenters. The van der Waals surface area contributed by atoms with Crippen LogP contribution in [0.1, 0.15) is 37.8 Å². The Hall–Kier alpha value is -0.700. The quantitative estimate of drug-likeness (QED) is 0.763. The summed E-state index contributed by atoms with van der Waals surface area (Å²) in [4.78, 5) is 12.0. The zero-order valence-electron chi connectivity index (χ0n) is 11.1. The lowest BCUT2D eigenvalue weighted by molar-refractivity contribution is -0.120. The van der Waals surface area contributed by atoms with Gasteiger partial charge >= 0.3 is 0 Å². The third-order valence-corrected chi connectivity index (χ3v) is 4.52. The molecule has 0 amide bonds. The van der Waals surface area contributed by atoms with E-state index < -0.39 is 0 Å². The number of rotatable bonds is 3. The molecule has 0 heterocycles. The summed E-state index contributed by atoms with van der Waals surface area (Å²) in [5, 5.41) is 0. The first-order valence-corrected chi connectivity index (χ1v) is 7.12. The number of ketones is 1. The van der Waals surface area contributed by atoms with Gasteiger partial charge in [0.15, 0.2) is 0 Å². The fraction of sp³-hybridized carbons (Fsp3) is 0.533. The van der Waals surface area contributed by atoms with Gasteiger partial charge in [0.05, 0.1) is 4.83 Å². The van der Waals surface area contributed by atoms with Gasteiger partial charge in [0, 0.05) is 5.92 Å². The van der Waals surface area contributed by atoms with Gasteiger partial charge in [-0.1, -0.05) is 41.9 Å². The number of hydrogen-bond acceptors (Lipinski definition) is 1. The van der Waals surface area contributed by atoms with E-state index in [1.165, 1.54) is 6.07 Å². The van der Waals surface area contributed by atoms with Gasteiger partial charge in [0.1, 0.15) is 11.6 Å². The summed E-state index contributed by atoms with van der Waals surface area (Å²) >= 11 is 3.35. The Morgan fingerprint density at radius 1 is 1.44 bits per heavy atom. The molecule has 1 fully saturated rings. The normalized spacial score (nSPS) is 26.8. The Balaban J connectivity index is 2.30. The summed E-state index contributed by atoms with van der Waals surface area (Å²) in [6, 6.07) is 5.17. The van der Waals surface area contributed by atoms with E-state index in [-0.39, 0.29) is 33.7 Å². The van der Waals surface area contributed by atoms with Crippen LogP contribution in [0.3, 0.4) is 0 Å². The number of carbonyl (C=O) groups excluding carboxylic acids is 1. The van der Waals surface area contributed by atoms with Gasteiger partial charge in [-0.25, -0.2) is 4.39 Å². The van der Waals surface area contributed by atoms with Crippen molar-refractivity contribution in [2.75, 3.05) is 0 Å². The van der Waals surface area contributed by atoms with Gasteiger partial charge in [-0.15, -0.1) is 0 Å². The number of halogens is 2. The summed E-state index contributed by atoms with van der Waals surface area (Å²) in [7, 11) is 0. The highest BCUT2D eigenvalue weighted by Crippen LogP contribution is 2.65. The Morgan fingerprint density at radius 3 is 2.56 bits per heavy atom. The molecule has 1 aromatic rings. The van der Waals surface area contributed by atoms with Crippen molar-refractivity contribution in [2.24, 2.45) is 11.3 Å². The van der Waals surface area contributed by atoms with Crippen molar-refractivity contribution < 1.29 is 9.18 Å². The first-order chi connectivity index (χ1) is 8.26. The number of carbonyl (C=O) groups is 1. The van der Waals surface area contributed by atoms with E-state index in [2.05, 4.69) is 29.8 Å². The predicted molar refractivity (Wildman–Crippen MR) is 74.5 cm³/mol. The molecular weight excluding hydrogens is 295 g/mol. The summed E-state index contributed by atoms with van der Waals surface area (Å²) in [5.74, 6) is 0.307. The number of aryl methyl sites for hydroxylation is 1. The van der Waals surface area contributed by atoms with Crippen LogP contribution in [0, 0.1) is 24.1 Å². The van der Waals surface area contributed by atoms with Crippen LogP contribution in [0.15, 0.2) is 18.2 Å². The lowest BCUT2D eigenvalue weighted by atomic mass is 10.0. The molecule has 0 spiro atoms. The van der Waals surface area contributed by atoms with Gasteiger partial charge < -0.3 is 0 Å². The number of alkyl halides is 1. The van der Waals surface area contributed by atoms with Crippen molar-refractivity contribution in [3.05, 3.63) is 35.1 Å². The molecule has 18 heavy (non-hydrogen) atoms. The maximum atomic E-state index is 13.3. The molecule has 0 radical (unpaired) electrons. The molecule has 3 heteroatoms. The Kier molecular flexibility index (Phi) is 3.39. The summed E-state index contributed by atoms with van der Waals surface area (Å²) in [6.45, 7) is 7.84. The summed E-state index contributed by atoms with van der Waals surface area (Å²) < 4.78 is 13.3. The van der Waals surface area contributed by atoms with Crippen molar-refractivity contribution in [1.29, 1.82) is 0 Å². The van der Waals surface area contributed by atoms with E-state index in [1.807, 2.05) is 13.0 Å². The van der Waals surface area contributed by atoms with Crippen LogP contribution < -0.4 is 0 Å². The highest BCUT2D eigenvalue weighted by Gasteiger charge is 2.62. The van der Waals surface area contributed by atoms with Crippen molar-refractivity contribution in [2.45, 2.75) is 38.4 Å². The maximum absolute atomic E-state index is 13.3. The molecule has 0 saturated heterocycles. The van der Waals surface area contributed by atoms with Crippen LogP contribution in [0.4, 0.5) is 4.39 Å². The minimum absolute atomic E-state index is 0.0244. The average molecular weight is 313 g/mol. The Morgan fingerprint density at radius 2 is 2.06 bits per heavy atom. The zero-order chi connectivity index (χ0) is 13.7. The molecule has 0 aliphatic heterocycles. The van der Waals surface area contributed by atoms with Gasteiger partial charge in [0.2, 0.25) is 0 Å². The van der Waals surface area contributed by atoms with Crippen molar-refractivity contribution >= 4 is 21.7 Å². The van der Waals surface area contributed by atoms with Crippen LogP contribution in [0.5, 0.6) is 0 Å². The monoisotopic (exact) mass is 312 g/mol. The lowest BCUT2D eigenvalue weighted by Gasteiger charge is -2.04. The molecule has 1 aromatic carbocycles. The lowest BCUT2D eigenvalue weighted by Crippen LogP contribution is -2.15. The minimum atomic E-state index is -0.186. The zero-order valence-corrected chi connectivity index (χ0v) is 12.7. The third kappa shape index (κ3) is 2.13. The molecule has 98 valence electrons. The van der Waals surface area contributed by atoms with Crippen molar-refractivity contribution in [1.82, 2.24) is 0 Å². The topological polar surface area (TPSA) is 17.1 Å². The van der Waals surface area contributed by atoms with Crippen molar-refractivity contribution in [3.8, 4) is 0 Å². The van der Waals surface area contributed by atoms with Crippen molar-refractivity contribution in [3.63, 3.8) is 0 Å². The van der Waals surface area contributed by atoms with Crippen LogP contribution in [-0.2, 0) is 4.79 Å². The molecule has 0 bridgehead atoms. The van der Waals surface area contributed by atoms with E-state index in [0.717, 1.165) is 5.56 Å². The van der Waals surface area contributed by atoms with Crippen LogP contribution in [0.2, 0.25) is 0 Å². The molecule has 0 aromatic heterocycles. The van der Waals surface area contributed by atoms with Crippen LogP contribution in [0.25, 0.3) is 0 Å². The fourth-order valence-corrected chi connectivity index (χ4v) is 3.18. The van der Waals surface area contributed by atoms with Crippen LogP contribution >= 0.6 is 15.9 Å². The molecule has 1 nitrogen and oxygen atoms in total. The minimum Gasteiger partial charge on any atom is -0.298 e. The molecule has 0 N–H and O–H groups in total. The maximum Gasteiger partial charge on any atom is 0.150 e. The first-order valence-electron chi connectivity index (χ1n) is 6.20. The highest BCUT2D eigenvalue weighted by molar-refractivity contribution is 9.10. The summed E-state index contributed by atoms with van der Waals surface area (Å²) in [6.07, 6.45) is 0. The van der Waals surface area contributed by atoms with E-state index in [0.29, 0.717) is 5.56 Å². The second-order valence-corrected chi connectivity index (χ2v) is 7.18.